The van der Waals surface area contributed by atoms with Crippen LogP contribution in [0.15, 0.2) is 0 Å². The molecule has 0 radical (unpaired) electrons. The highest BCUT2D eigenvalue weighted by atomic mass is 16.6. The molecule has 1 N–H and O–H groups in total. The van der Waals surface area contributed by atoms with Gasteiger partial charge >= 0.3 is 6.09 Å². The van der Waals surface area contributed by atoms with E-state index in [1.807, 2.05) is 13.8 Å². The molecule has 4 heteroatoms. The van der Waals surface area contributed by atoms with Gasteiger partial charge in [0, 0.05) is 25.6 Å². The van der Waals surface area contributed by atoms with E-state index >= 15 is 0 Å². The lowest BCUT2D eigenvalue weighted by Gasteiger charge is -2.14. The van der Waals surface area contributed by atoms with Crippen LogP contribution < -0.4 is 0 Å². The van der Waals surface area contributed by atoms with Crippen LogP contribution in [0.1, 0.15) is 27.2 Å². The van der Waals surface area contributed by atoms with Crippen molar-refractivity contribution in [3.8, 4) is 0 Å². The summed E-state index contributed by atoms with van der Waals surface area (Å²) in [6, 6.07) is 0. The fourth-order valence-corrected chi connectivity index (χ4v) is 1.36. The first-order valence-electron chi connectivity index (χ1n) is 5.30. The molecule has 0 aromatic heterocycles. The van der Waals surface area contributed by atoms with Gasteiger partial charge in [-0.3, -0.25) is 0 Å². The molecule has 1 fully saturated rings. The molecule has 1 rings (SSSR count). The summed E-state index contributed by atoms with van der Waals surface area (Å²) in [7, 11) is 0. The average molecular weight is 203 g/mol. The van der Waals surface area contributed by atoms with Crippen LogP contribution in [0.25, 0.3) is 0 Å². The molecule has 0 aliphatic carbocycles. The van der Waals surface area contributed by atoms with Crippen molar-refractivity contribution in [3.05, 3.63) is 0 Å². The molecule has 84 valence electrons. The number of aliphatic hydroxyl groups excluding tert-OH is 1. The Morgan fingerprint density at radius 3 is 2.64 bits per heavy atom. The summed E-state index contributed by atoms with van der Waals surface area (Å²) in [4.78, 5) is 12.8. The molecule has 1 atom stereocenters. The minimum atomic E-state index is -0.256. The van der Waals surface area contributed by atoms with Crippen LogP contribution in [-0.2, 0) is 4.74 Å². The molecule has 0 aromatic carbocycles. The van der Waals surface area contributed by atoms with Crippen LogP contribution in [0.5, 0.6) is 0 Å². The third-order valence-electron chi connectivity index (χ3n) is 2.07. The van der Waals surface area contributed by atoms with E-state index in [0.717, 1.165) is 6.42 Å². The number of ether oxygens (including phenoxy) is 1. The SMILES string of the molecule is CC.CCOC(=O)N1CC[C@@H](CO)C1. The number of amides is 1. The summed E-state index contributed by atoms with van der Waals surface area (Å²) in [5.74, 6) is 0.245. The third-order valence-corrected chi connectivity index (χ3v) is 2.07. The van der Waals surface area contributed by atoms with Gasteiger partial charge in [0.1, 0.15) is 0 Å². The second-order valence-corrected chi connectivity index (χ2v) is 2.98. The molecule has 0 saturated carbocycles. The van der Waals surface area contributed by atoms with Crippen molar-refractivity contribution < 1.29 is 14.6 Å². The molecule has 0 bridgehead atoms. The molecule has 0 aromatic rings. The Hall–Kier alpha value is -0.770. The Balaban J connectivity index is 0.000000791. The van der Waals surface area contributed by atoms with E-state index in [2.05, 4.69) is 0 Å². The predicted molar refractivity (Wildman–Crippen MR) is 55.1 cm³/mol. The van der Waals surface area contributed by atoms with Crippen LogP contribution in [-0.4, -0.2) is 42.4 Å². The average Bonchev–Trinajstić information content (AvgIpc) is 2.69. The third kappa shape index (κ3) is 3.96. The fraction of sp³-hybridized carbons (Fsp3) is 0.900. The molecule has 1 aliphatic heterocycles. The maximum absolute atomic E-state index is 11.1. The van der Waals surface area contributed by atoms with Crippen molar-refractivity contribution in [2.75, 3.05) is 26.3 Å². The first kappa shape index (κ1) is 13.2. The Bertz CT molecular complexity index is 161. The largest absolute Gasteiger partial charge is 0.450 e. The fourth-order valence-electron chi connectivity index (χ4n) is 1.36. The van der Waals surface area contributed by atoms with Crippen molar-refractivity contribution in [2.45, 2.75) is 27.2 Å². The van der Waals surface area contributed by atoms with Crippen LogP contribution in [0.4, 0.5) is 4.79 Å². The van der Waals surface area contributed by atoms with Crippen molar-refractivity contribution in [1.29, 1.82) is 0 Å². The lowest BCUT2D eigenvalue weighted by Crippen LogP contribution is -2.29. The van der Waals surface area contributed by atoms with Gasteiger partial charge in [-0.2, -0.15) is 0 Å². The highest BCUT2D eigenvalue weighted by molar-refractivity contribution is 5.67. The Labute approximate surface area is 85.9 Å². The van der Waals surface area contributed by atoms with E-state index in [-0.39, 0.29) is 18.6 Å². The van der Waals surface area contributed by atoms with Crippen LogP contribution >= 0.6 is 0 Å². The Morgan fingerprint density at radius 1 is 1.57 bits per heavy atom. The first-order valence-corrected chi connectivity index (χ1v) is 5.30. The van der Waals surface area contributed by atoms with Crippen molar-refractivity contribution in [1.82, 2.24) is 4.90 Å². The minimum Gasteiger partial charge on any atom is -0.450 e. The minimum absolute atomic E-state index is 0.163. The van der Waals surface area contributed by atoms with E-state index < -0.39 is 0 Å². The number of hydrogen-bond acceptors (Lipinski definition) is 3. The van der Waals surface area contributed by atoms with E-state index in [9.17, 15) is 4.79 Å². The van der Waals surface area contributed by atoms with Gasteiger partial charge in [-0.15, -0.1) is 0 Å². The summed E-state index contributed by atoms with van der Waals surface area (Å²) >= 11 is 0. The van der Waals surface area contributed by atoms with Crippen LogP contribution in [0, 0.1) is 5.92 Å². The van der Waals surface area contributed by atoms with Crippen LogP contribution in [0.2, 0.25) is 0 Å². The standard InChI is InChI=1S/C8H15NO3.C2H6/c1-2-12-8(11)9-4-3-7(5-9)6-10;1-2/h7,10H,2-6H2,1H3;1-2H3/t7-;/m1./s1. The number of rotatable bonds is 2. The topological polar surface area (TPSA) is 49.8 Å². The highest BCUT2D eigenvalue weighted by Crippen LogP contribution is 2.15. The van der Waals surface area contributed by atoms with Gasteiger partial charge in [0.2, 0.25) is 0 Å². The number of aliphatic hydroxyl groups is 1. The lowest BCUT2D eigenvalue weighted by atomic mass is 10.1. The molecule has 1 aliphatic rings. The molecule has 1 amide bonds. The molecular formula is C10H21NO3. The summed E-state index contributed by atoms with van der Waals surface area (Å²) in [5.41, 5.74) is 0. The van der Waals surface area contributed by atoms with Gasteiger partial charge in [0.15, 0.2) is 0 Å². The van der Waals surface area contributed by atoms with E-state index in [0.29, 0.717) is 19.7 Å². The highest BCUT2D eigenvalue weighted by Gasteiger charge is 2.26. The monoisotopic (exact) mass is 203 g/mol. The maximum atomic E-state index is 11.1. The normalized spacial score (nSPS) is 20.0. The Kier molecular flexibility index (Phi) is 7.20. The maximum Gasteiger partial charge on any atom is 0.409 e. The van der Waals surface area contributed by atoms with Crippen molar-refractivity contribution >= 4 is 6.09 Å². The number of carbonyl (C=O) groups excluding carboxylic acids is 1. The summed E-state index contributed by atoms with van der Waals surface area (Å²) in [6.45, 7) is 7.71. The van der Waals surface area contributed by atoms with Crippen molar-refractivity contribution in [3.63, 3.8) is 0 Å². The van der Waals surface area contributed by atoms with Gasteiger partial charge in [0.05, 0.1) is 6.61 Å². The molecular weight excluding hydrogens is 182 g/mol. The molecule has 0 unspecified atom stereocenters. The molecule has 0 spiro atoms. The zero-order chi connectivity index (χ0) is 11.0. The molecule has 14 heavy (non-hydrogen) atoms. The van der Waals surface area contributed by atoms with E-state index in [1.54, 1.807) is 11.8 Å². The van der Waals surface area contributed by atoms with Crippen LogP contribution in [0.3, 0.4) is 0 Å². The predicted octanol–water partition coefficient (Wildman–Crippen LogP) is 1.48. The number of carbonyl (C=O) groups is 1. The smallest absolute Gasteiger partial charge is 0.409 e. The van der Waals surface area contributed by atoms with E-state index in [4.69, 9.17) is 9.84 Å². The Morgan fingerprint density at radius 2 is 2.21 bits per heavy atom. The summed E-state index contributed by atoms with van der Waals surface area (Å²) in [6.07, 6.45) is 0.628. The van der Waals surface area contributed by atoms with Gasteiger partial charge in [0.25, 0.3) is 0 Å². The molecule has 1 saturated heterocycles. The quantitative estimate of drug-likeness (QED) is 0.739. The number of likely N-dealkylation sites (tertiary alicyclic amines) is 1. The van der Waals surface area contributed by atoms with Gasteiger partial charge in [-0.1, -0.05) is 13.8 Å². The zero-order valence-electron chi connectivity index (χ0n) is 9.32. The first-order chi connectivity index (χ1) is 6.77. The molecule has 1 heterocycles. The summed E-state index contributed by atoms with van der Waals surface area (Å²) < 4.78 is 4.82. The van der Waals surface area contributed by atoms with Gasteiger partial charge < -0.3 is 14.7 Å². The number of hydrogen-bond donors (Lipinski definition) is 1. The lowest BCUT2D eigenvalue weighted by molar-refractivity contribution is 0.112. The van der Waals surface area contributed by atoms with Gasteiger partial charge in [-0.05, 0) is 13.3 Å². The van der Waals surface area contributed by atoms with Gasteiger partial charge in [-0.25, -0.2) is 4.79 Å². The number of nitrogens with zero attached hydrogens (tertiary/aromatic N) is 1. The second-order valence-electron chi connectivity index (χ2n) is 2.98. The summed E-state index contributed by atoms with van der Waals surface area (Å²) in [5, 5.41) is 8.82. The molecule has 4 nitrogen and oxygen atoms in total. The van der Waals surface area contributed by atoms with E-state index in [1.165, 1.54) is 0 Å². The second kappa shape index (κ2) is 7.62. The zero-order valence-corrected chi connectivity index (χ0v) is 9.32. The van der Waals surface area contributed by atoms with Crippen molar-refractivity contribution in [2.24, 2.45) is 5.92 Å².